The number of carbonyl (C=O) groups is 2. The molecule has 1 saturated carbocycles. The average molecular weight is 319 g/mol. The van der Waals surface area contributed by atoms with E-state index in [0.717, 1.165) is 18.4 Å². The lowest BCUT2D eigenvalue weighted by Crippen LogP contribution is -2.59. The number of amides is 2. The molecule has 23 heavy (non-hydrogen) atoms. The number of halogens is 1. The lowest BCUT2D eigenvalue weighted by atomic mass is 9.96. The fourth-order valence-electron chi connectivity index (χ4n) is 3.44. The van der Waals surface area contributed by atoms with E-state index in [1.165, 1.54) is 12.1 Å². The molecule has 1 aromatic rings. The number of nitrogens with zero attached hydrogens (tertiary/aromatic N) is 2. The van der Waals surface area contributed by atoms with Crippen LogP contribution in [0.2, 0.25) is 0 Å². The van der Waals surface area contributed by atoms with Crippen LogP contribution in [0.25, 0.3) is 0 Å². The van der Waals surface area contributed by atoms with Gasteiger partial charge in [0.25, 0.3) is 0 Å². The van der Waals surface area contributed by atoms with Gasteiger partial charge in [0.2, 0.25) is 11.8 Å². The third-order valence-electron chi connectivity index (χ3n) is 4.79. The van der Waals surface area contributed by atoms with E-state index in [9.17, 15) is 14.0 Å². The van der Waals surface area contributed by atoms with Crippen LogP contribution >= 0.6 is 0 Å². The van der Waals surface area contributed by atoms with Gasteiger partial charge in [-0.1, -0.05) is 25.0 Å². The van der Waals surface area contributed by atoms with E-state index in [1.54, 1.807) is 21.9 Å². The molecule has 124 valence electrons. The van der Waals surface area contributed by atoms with Crippen molar-refractivity contribution in [2.24, 2.45) is 5.73 Å². The van der Waals surface area contributed by atoms with Crippen molar-refractivity contribution in [3.8, 4) is 0 Å². The van der Waals surface area contributed by atoms with Crippen molar-refractivity contribution in [2.45, 2.75) is 37.8 Å². The van der Waals surface area contributed by atoms with Crippen LogP contribution in [0.5, 0.6) is 0 Å². The highest BCUT2D eigenvalue weighted by molar-refractivity contribution is 5.91. The van der Waals surface area contributed by atoms with Crippen LogP contribution in [-0.4, -0.2) is 46.8 Å². The molecule has 2 amide bonds. The second-order valence-electron chi connectivity index (χ2n) is 6.54. The zero-order valence-electron chi connectivity index (χ0n) is 13.1. The van der Waals surface area contributed by atoms with Crippen LogP contribution in [0, 0.1) is 5.82 Å². The van der Waals surface area contributed by atoms with Gasteiger partial charge in [-0.25, -0.2) is 4.39 Å². The summed E-state index contributed by atoms with van der Waals surface area (Å²) in [6.45, 7) is 1.37. The van der Waals surface area contributed by atoms with Gasteiger partial charge in [-0.2, -0.15) is 0 Å². The molecule has 3 rings (SSSR count). The molecule has 0 unspecified atom stereocenters. The van der Waals surface area contributed by atoms with Crippen LogP contribution in [0.15, 0.2) is 24.3 Å². The Balaban J connectivity index is 1.61. The summed E-state index contributed by atoms with van der Waals surface area (Å²) in [5.74, 6) is -0.528. The highest BCUT2D eigenvalue weighted by Gasteiger charge is 2.41. The van der Waals surface area contributed by atoms with Gasteiger partial charge in [0.15, 0.2) is 0 Å². The largest absolute Gasteiger partial charge is 0.335 e. The minimum atomic E-state index is -0.787. The molecule has 2 fully saturated rings. The lowest BCUT2D eigenvalue weighted by molar-refractivity contribution is -0.148. The van der Waals surface area contributed by atoms with Gasteiger partial charge in [-0.15, -0.1) is 0 Å². The van der Waals surface area contributed by atoms with Crippen LogP contribution in [0.4, 0.5) is 4.39 Å². The van der Waals surface area contributed by atoms with Crippen LogP contribution in [0.1, 0.15) is 31.2 Å². The van der Waals surface area contributed by atoms with Crippen LogP contribution in [-0.2, 0) is 16.1 Å². The maximum Gasteiger partial charge on any atom is 0.243 e. The van der Waals surface area contributed by atoms with Gasteiger partial charge in [-0.3, -0.25) is 9.59 Å². The molecule has 2 N–H and O–H groups in total. The number of benzene rings is 1. The van der Waals surface area contributed by atoms with Crippen LogP contribution < -0.4 is 5.73 Å². The molecule has 1 aliphatic carbocycles. The Morgan fingerprint density at radius 3 is 2.65 bits per heavy atom. The molecule has 0 aromatic heterocycles. The maximum atomic E-state index is 13.2. The summed E-state index contributed by atoms with van der Waals surface area (Å²) in [6.07, 6.45) is 3.33. The average Bonchev–Trinajstić information content (AvgIpc) is 2.97. The van der Waals surface area contributed by atoms with E-state index < -0.39 is 5.54 Å². The summed E-state index contributed by atoms with van der Waals surface area (Å²) in [5, 5.41) is 0. The van der Waals surface area contributed by atoms with Crippen molar-refractivity contribution in [3.05, 3.63) is 35.6 Å². The first-order chi connectivity index (χ1) is 11.0. The molecule has 0 bridgehead atoms. The van der Waals surface area contributed by atoms with E-state index in [2.05, 4.69) is 0 Å². The van der Waals surface area contributed by atoms with Crippen molar-refractivity contribution in [2.75, 3.05) is 19.6 Å². The van der Waals surface area contributed by atoms with Gasteiger partial charge in [0.1, 0.15) is 5.82 Å². The molecule has 0 atom stereocenters. The SMILES string of the molecule is NC1(C(=O)N2CCN(Cc3cccc(F)c3)C(=O)C2)CCCC1. The summed E-state index contributed by atoms with van der Waals surface area (Å²) >= 11 is 0. The Kier molecular flexibility index (Phi) is 4.35. The maximum absolute atomic E-state index is 13.2. The third kappa shape index (κ3) is 3.37. The molecule has 6 heteroatoms. The topological polar surface area (TPSA) is 66.6 Å². The molecule has 1 heterocycles. The number of piperazine rings is 1. The Bertz CT molecular complexity index is 614. The van der Waals surface area contributed by atoms with Gasteiger partial charge in [0.05, 0.1) is 12.1 Å². The summed E-state index contributed by atoms with van der Waals surface area (Å²) in [7, 11) is 0. The summed E-state index contributed by atoms with van der Waals surface area (Å²) in [6, 6.07) is 6.23. The lowest BCUT2D eigenvalue weighted by Gasteiger charge is -2.38. The van der Waals surface area contributed by atoms with Gasteiger partial charge >= 0.3 is 0 Å². The van der Waals surface area contributed by atoms with E-state index in [0.29, 0.717) is 32.5 Å². The van der Waals surface area contributed by atoms with Crippen molar-refractivity contribution >= 4 is 11.8 Å². The number of hydrogen-bond donors (Lipinski definition) is 1. The monoisotopic (exact) mass is 319 g/mol. The molecule has 0 radical (unpaired) electrons. The molecule has 5 nitrogen and oxygen atoms in total. The normalized spacial score (nSPS) is 20.9. The molecule has 1 aromatic carbocycles. The van der Waals surface area contributed by atoms with Crippen molar-refractivity contribution < 1.29 is 14.0 Å². The molecule has 1 saturated heterocycles. The predicted octanol–water partition coefficient (Wildman–Crippen LogP) is 1.27. The number of rotatable bonds is 3. The van der Waals surface area contributed by atoms with Crippen molar-refractivity contribution in [3.63, 3.8) is 0 Å². The molecule has 0 spiro atoms. The number of hydrogen-bond acceptors (Lipinski definition) is 3. The first kappa shape index (κ1) is 15.9. The van der Waals surface area contributed by atoms with E-state index in [4.69, 9.17) is 5.73 Å². The van der Waals surface area contributed by atoms with E-state index in [1.807, 2.05) is 0 Å². The minimum Gasteiger partial charge on any atom is -0.335 e. The highest BCUT2D eigenvalue weighted by Crippen LogP contribution is 2.29. The van der Waals surface area contributed by atoms with Gasteiger partial charge < -0.3 is 15.5 Å². The fraction of sp³-hybridized carbons (Fsp3) is 0.529. The second-order valence-corrected chi connectivity index (χ2v) is 6.54. The second kappa shape index (κ2) is 6.28. The van der Waals surface area contributed by atoms with Crippen molar-refractivity contribution in [1.82, 2.24) is 9.80 Å². The minimum absolute atomic E-state index is 0.0626. The summed E-state index contributed by atoms with van der Waals surface area (Å²) < 4.78 is 13.2. The Morgan fingerprint density at radius 2 is 2.00 bits per heavy atom. The van der Waals surface area contributed by atoms with Crippen LogP contribution in [0.3, 0.4) is 0 Å². The number of carbonyl (C=O) groups excluding carboxylic acids is 2. The van der Waals surface area contributed by atoms with Gasteiger partial charge in [0, 0.05) is 19.6 Å². The number of nitrogens with two attached hydrogens (primary N) is 1. The highest BCUT2D eigenvalue weighted by atomic mass is 19.1. The van der Waals surface area contributed by atoms with Gasteiger partial charge in [-0.05, 0) is 30.5 Å². The molecule has 2 aliphatic rings. The fourth-order valence-corrected chi connectivity index (χ4v) is 3.44. The zero-order chi connectivity index (χ0) is 16.4. The molecular weight excluding hydrogens is 297 g/mol. The summed E-state index contributed by atoms with van der Waals surface area (Å²) in [5.41, 5.74) is 6.16. The molecular formula is C17H22FN3O2. The molecule has 1 aliphatic heterocycles. The standard InChI is InChI=1S/C17H22FN3O2/c18-14-5-3-4-13(10-14)11-20-8-9-21(12-15(20)22)16(23)17(19)6-1-2-7-17/h3-5,10H,1-2,6-9,11-12,19H2. The van der Waals surface area contributed by atoms with E-state index in [-0.39, 0.29) is 24.2 Å². The van der Waals surface area contributed by atoms with E-state index >= 15 is 0 Å². The first-order valence-electron chi connectivity index (χ1n) is 8.08. The Hall–Kier alpha value is -1.95. The Morgan fingerprint density at radius 1 is 1.26 bits per heavy atom. The smallest absolute Gasteiger partial charge is 0.243 e. The third-order valence-corrected chi connectivity index (χ3v) is 4.79. The first-order valence-corrected chi connectivity index (χ1v) is 8.08. The summed E-state index contributed by atoms with van der Waals surface area (Å²) in [4.78, 5) is 28.1. The Labute approximate surface area is 135 Å². The predicted molar refractivity (Wildman–Crippen MR) is 83.8 cm³/mol. The quantitative estimate of drug-likeness (QED) is 0.912. The zero-order valence-corrected chi connectivity index (χ0v) is 13.1. The van der Waals surface area contributed by atoms with Crippen molar-refractivity contribution in [1.29, 1.82) is 0 Å².